The van der Waals surface area contributed by atoms with Crippen LogP contribution in [-0.4, -0.2) is 30.6 Å². The number of nitrogens with zero attached hydrogens (tertiary/aromatic N) is 3. The smallest absolute Gasteiger partial charge is 0.270 e. The number of nitro benzene ring substituents is 1. The standard InChI is InChI=1S/C47H45N3O6/c1-30-24-35(50(51)52)25-33-20-22-46(55-42(30)33)44(2,3)37-12-8-10-14-39(37)48(46)28-31-16-18-32(19-17-31)29-49-40-15-11-9-13-38(40)45(4,5)47(49)23-21-34-26-36(53-6)27-41(54-7)43(34)56-47/h8-27H,28-29H2,1-7H3. The number of rotatable bonds is 7. The molecular formula is C47H45N3O6. The number of hydrogen-bond acceptors (Lipinski definition) is 8. The third-order valence-electron chi connectivity index (χ3n) is 12.5. The van der Waals surface area contributed by atoms with Crippen LogP contribution in [-0.2, 0) is 23.9 Å². The van der Waals surface area contributed by atoms with E-state index in [2.05, 4.69) is 129 Å². The summed E-state index contributed by atoms with van der Waals surface area (Å²) in [6, 6.07) is 32.9. The second-order valence-corrected chi connectivity index (χ2v) is 16.2. The van der Waals surface area contributed by atoms with E-state index in [1.54, 1.807) is 26.4 Å². The van der Waals surface area contributed by atoms with E-state index in [0.29, 0.717) is 41.7 Å². The predicted octanol–water partition coefficient (Wildman–Crippen LogP) is 10.1. The molecule has 2 atom stereocenters. The maximum atomic E-state index is 11.7. The number of non-ortho nitro benzene ring substituents is 1. The summed E-state index contributed by atoms with van der Waals surface area (Å²) in [5.74, 6) is 2.69. The molecule has 56 heavy (non-hydrogen) atoms. The number of benzene rings is 5. The summed E-state index contributed by atoms with van der Waals surface area (Å²) >= 11 is 0. The van der Waals surface area contributed by atoms with E-state index in [-0.39, 0.29) is 10.6 Å². The Morgan fingerprint density at radius 2 is 1.16 bits per heavy atom. The lowest BCUT2D eigenvalue weighted by Crippen LogP contribution is -2.59. The summed E-state index contributed by atoms with van der Waals surface area (Å²) in [4.78, 5) is 16.0. The van der Waals surface area contributed by atoms with Gasteiger partial charge in [0.2, 0.25) is 11.4 Å². The van der Waals surface area contributed by atoms with Crippen molar-refractivity contribution in [2.45, 2.75) is 70.0 Å². The minimum absolute atomic E-state index is 0.0551. The molecular weight excluding hydrogens is 703 g/mol. The number of nitro groups is 1. The molecule has 0 saturated heterocycles. The normalized spacial score (nSPS) is 21.6. The third-order valence-corrected chi connectivity index (χ3v) is 12.5. The molecule has 0 amide bonds. The average Bonchev–Trinajstić information content (AvgIpc) is 3.48. The van der Waals surface area contributed by atoms with Crippen LogP contribution < -0.4 is 28.7 Å². The molecule has 0 aromatic heterocycles. The summed E-state index contributed by atoms with van der Waals surface area (Å²) in [7, 11) is 3.31. The van der Waals surface area contributed by atoms with Crippen molar-refractivity contribution in [3.8, 4) is 23.0 Å². The Kier molecular flexibility index (Phi) is 7.85. The van der Waals surface area contributed by atoms with Crippen molar-refractivity contribution in [3.63, 3.8) is 0 Å². The molecule has 9 rings (SSSR count). The van der Waals surface area contributed by atoms with Crippen LogP contribution in [0.3, 0.4) is 0 Å². The number of para-hydroxylation sites is 2. The van der Waals surface area contributed by atoms with Gasteiger partial charge in [0.05, 0.1) is 30.0 Å². The van der Waals surface area contributed by atoms with Gasteiger partial charge in [0.1, 0.15) is 11.5 Å². The lowest BCUT2D eigenvalue weighted by atomic mass is 9.76. The number of fused-ring (bicyclic) bond motifs is 4. The third kappa shape index (κ3) is 4.92. The van der Waals surface area contributed by atoms with Crippen LogP contribution in [0, 0.1) is 17.0 Å². The lowest BCUT2D eigenvalue weighted by molar-refractivity contribution is -0.384. The summed E-state index contributed by atoms with van der Waals surface area (Å²) in [5.41, 5.74) is 6.73. The van der Waals surface area contributed by atoms with Gasteiger partial charge in [-0.3, -0.25) is 10.1 Å². The van der Waals surface area contributed by atoms with E-state index >= 15 is 0 Å². The minimum Gasteiger partial charge on any atom is -0.497 e. The van der Waals surface area contributed by atoms with Crippen molar-refractivity contribution in [1.82, 2.24) is 0 Å². The van der Waals surface area contributed by atoms with Crippen molar-refractivity contribution >= 4 is 29.2 Å². The number of ether oxygens (including phenoxy) is 4. The molecule has 5 aromatic rings. The Bertz CT molecular complexity index is 2490. The number of methoxy groups -OCH3 is 2. The van der Waals surface area contributed by atoms with Gasteiger partial charge >= 0.3 is 0 Å². The molecule has 0 aliphatic carbocycles. The molecule has 284 valence electrons. The zero-order chi connectivity index (χ0) is 39.2. The molecule has 0 radical (unpaired) electrons. The molecule has 0 bridgehead atoms. The predicted molar refractivity (Wildman–Crippen MR) is 220 cm³/mol. The maximum absolute atomic E-state index is 11.7. The van der Waals surface area contributed by atoms with Crippen LogP contribution in [0.25, 0.3) is 12.2 Å². The van der Waals surface area contributed by atoms with Crippen LogP contribution >= 0.6 is 0 Å². The molecule has 0 saturated carbocycles. The van der Waals surface area contributed by atoms with Gasteiger partial charge in [0, 0.05) is 53.8 Å². The Hall–Kier alpha value is -6.22. The fraction of sp³-hybridized carbons (Fsp3) is 0.277. The van der Waals surface area contributed by atoms with Crippen LogP contribution in [0.1, 0.15) is 66.6 Å². The van der Waals surface area contributed by atoms with Gasteiger partial charge in [0.25, 0.3) is 5.69 Å². The van der Waals surface area contributed by atoms with E-state index in [0.717, 1.165) is 33.6 Å². The lowest BCUT2D eigenvalue weighted by Gasteiger charge is -2.47. The van der Waals surface area contributed by atoms with Crippen LogP contribution in [0.15, 0.2) is 109 Å². The highest BCUT2D eigenvalue weighted by molar-refractivity contribution is 5.76. The first-order valence-electron chi connectivity index (χ1n) is 19.0. The van der Waals surface area contributed by atoms with Gasteiger partial charge in [-0.1, -0.05) is 60.7 Å². The summed E-state index contributed by atoms with van der Waals surface area (Å²) in [5, 5.41) is 11.7. The Morgan fingerprint density at radius 1 is 0.661 bits per heavy atom. The van der Waals surface area contributed by atoms with Crippen LogP contribution in [0.2, 0.25) is 0 Å². The molecule has 0 fully saturated rings. The van der Waals surface area contributed by atoms with E-state index in [1.165, 1.54) is 11.1 Å². The van der Waals surface area contributed by atoms with Gasteiger partial charge in [-0.2, -0.15) is 0 Å². The first kappa shape index (κ1) is 35.5. The van der Waals surface area contributed by atoms with Gasteiger partial charge in [0.15, 0.2) is 11.5 Å². The molecule has 9 heteroatoms. The summed E-state index contributed by atoms with van der Waals surface area (Å²) in [6.07, 6.45) is 8.38. The fourth-order valence-electron chi connectivity index (χ4n) is 9.41. The molecule has 2 spiro atoms. The zero-order valence-corrected chi connectivity index (χ0v) is 32.8. The molecule has 9 nitrogen and oxygen atoms in total. The van der Waals surface area contributed by atoms with Gasteiger partial charge in [-0.25, -0.2) is 0 Å². The monoisotopic (exact) mass is 747 g/mol. The molecule has 5 aromatic carbocycles. The number of aryl methyl sites for hydroxylation is 1. The van der Waals surface area contributed by atoms with Gasteiger partial charge in [-0.05, 0) is 105 Å². The molecule has 4 aliphatic rings. The highest BCUT2D eigenvalue weighted by atomic mass is 16.6. The number of anilines is 2. The first-order chi connectivity index (χ1) is 26.8. The molecule has 0 N–H and O–H groups in total. The van der Waals surface area contributed by atoms with Crippen molar-refractivity contribution in [3.05, 3.63) is 158 Å². The Balaban J connectivity index is 1.06. The molecule has 4 aliphatic heterocycles. The highest BCUT2D eigenvalue weighted by Gasteiger charge is 2.60. The molecule has 4 heterocycles. The van der Waals surface area contributed by atoms with Crippen molar-refractivity contribution in [2.24, 2.45) is 0 Å². The maximum Gasteiger partial charge on any atom is 0.270 e. The van der Waals surface area contributed by atoms with Crippen LogP contribution in [0.4, 0.5) is 17.1 Å². The topological polar surface area (TPSA) is 86.5 Å². The van der Waals surface area contributed by atoms with E-state index in [4.69, 9.17) is 18.9 Å². The number of hydrogen-bond donors (Lipinski definition) is 0. The van der Waals surface area contributed by atoms with E-state index < -0.39 is 22.3 Å². The molecule has 2 unspecified atom stereocenters. The highest BCUT2D eigenvalue weighted by Crippen LogP contribution is 2.58. The fourth-order valence-corrected chi connectivity index (χ4v) is 9.41. The quantitative estimate of drug-likeness (QED) is 0.120. The second-order valence-electron chi connectivity index (χ2n) is 16.2. The average molecular weight is 748 g/mol. The second kappa shape index (κ2) is 12.4. The minimum atomic E-state index is -0.869. The van der Waals surface area contributed by atoms with Crippen molar-refractivity contribution in [2.75, 3.05) is 24.0 Å². The van der Waals surface area contributed by atoms with Crippen molar-refractivity contribution in [1.29, 1.82) is 0 Å². The van der Waals surface area contributed by atoms with Crippen LogP contribution in [0.5, 0.6) is 23.0 Å². The summed E-state index contributed by atoms with van der Waals surface area (Å²) in [6.45, 7) is 12.0. The van der Waals surface area contributed by atoms with E-state index in [1.807, 2.05) is 25.1 Å². The Labute approximate surface area is 327 Å². The van der Waals surface area contributed by atoms with Crippen molar-refractivity contribution < 1.29 is 23.9 Å². The van der Waals surface area contributed by atoms with Gasteiger partial charge < -0.3 is 28.7 Å². The SMILES string of the molecule is COc1cc2c(c(OC)c1)OC1(C=C2)N(Cc2ccc(CN3c4ccccc4C(C)(C)C34C=Cc3cc([N+](=O)[O-])cc(C)c3O4)cc2)c2ccccc2C1(C)C. The summed E-state index contributed by atoms with van der Waals surface area (Å²) < 4.78 is 25.6. The Morgan fingerprint density at radius 3 is 1.66 bits per heavy atom. The zero-order valence-electron chi connectivity index (χ0n) is 32.8. The van der Waals surface area contributed by atoms with Gasteiger partial charge in [-0.15, -0.1) is 0 Å². The first-order valence-corrected chi connectivity index (χ1v) is 19.0. The van der Waals surface area contributed by atoms with E-state index in [9.17, 15) is 10.1 Å². The largest absolute Gasteiger partial charge is 0.497 e.